The van der Waals surface area contributed by atoms with Crippen molar-refractivity contribution in [1.29, 1.82) is 0 Å². The van der Waals surface area contributed by atoms with Gasteiger partial charge < -0.3 is 9.84 Å². The number of aliphatic carboxylic acids is 1. The lowest BCUT2D eigenvalue weighted by Crippen LogP contribution is -2.50. The number of carboxylic acid groups (broad SMARTS) is 1. The van der Waals surface area contributed by atoms with Crippen molar-refractivity contribution in [3.63, 3.8) is 0 Å². The molecule has 0 heterocycles. The SMILES string of the molecule is CCC(C)(NCCOc1ccccc1)C(=O)O. The maximum atomic E-state index is 11.0. The molecule has 0 fully saturated rings. The molecule has 0 aromatic heterocycles. The molecule has 1 atom stereocenters. The third kappa shape index (κ3) is 4.07. The monoisotopic (exact) mass is 237 g/mol. The smallest absolute Gasteiger partial charge is 0.323 e. The van der Waals surface area contributed by atoms with Gasteiger partial charge in [0.05, 0.1) is 0 Å². The first-order valence-electron chi connectivity index (χ1n) is 5.75. The third-order valence-electron chi connectivity index (χ3n) is 2.81. The Morgan fingerprint density at radius 2 is 2.06 bits per heavy atom. The summed E-state index contributed by atoms with van der Waals surface area (Å²) in [6, 6.07) is 9.46. The largest absolute Gasteiger partial charge is 0.492 e. The van der Waals surface area contributed by atoms with Crippen molar-refractivity contribution in [1.82, 2.24) is 5.32 Å². The minimum atomic E-state index is -0.875. The Balaban J connectivity index is 2.31. The first-order valence-corrected chi connectivity index (χ1v) is 5.75. The number of para-hydroxylation sites is 1. The van der Waals surface area contributed by atoms with Crippen molar-refractivity contribution in [3.8, 4) is 5.75 Å². The number of benzene rings is 1. The van der Waals surface area contributed by atoms with Crippen molar-refractivity contribution in [2.45, 2.75) is 25.8 Å². The van der Waals surface area contributed by atoms with E-state index in [1.54, 1.807) is 6.92 Å². The van der Waals surface area contributed by atoms with Crippen LogP contribution in [-0.2, 0) is 4.79 Å². The van der Waals surface area contributed by atoms with Crippen LogP contribution in [0.2, 0.25) is 0 Å². The van der Waals surface area contributed by atoms with E-state index >= 15 is 0 Å². The van der Waals surface area contributed by atoms with Crippen LogP contribution in [0.5, 0.6) is 5.75 Å². The van der Waals surface area contributed by atoms with Crippen LogP contribution in [0.25, 0.3) is 0 Å². The van der Waals surface area contributed by atoms with Gasteiger partial charge in [-0.1, -0.05) is 25.1 Å². The summed E-state index contributed by atoms with van der Waals surface area (Å²) >= 11 is 0. The fourth-order valence-electron chi connectivity index (χ4n) is 1.36. The molecule has 0 aliphatic heterocycles. The van der Waals surface area contributed by atoms with Crippen molar-refractivity contribution in [3.05, 3.63) is 30.3 Å². The number of hydrogen-bond acceptors (Lipinski definition) is 3. The van der Waals surface area contributed by atoms with Crippen LogP contribution in [0, 0.1) is 0 Å². The molecule has 0 aliphatic rings. The lowest BCUT2D eigenvalue weighted by Gasteiger charge is -2.24. The number of rotatable bonds is 7. The summed E-state index contributed by atoms with van der Waals surface area (Å²) in [7, 11) is 0. The van der Waals surface area contributed by atoms with Crippen LogP contribution in [0.1, 0.15) is 20.3 Å². The maximum absolute atomic E-state index is 11.0. The summed E-state index contributed by atoms with van der Waals surface area (Å²) in [5.74, 6) is -0.0393. The van der Waals surface area contributed by atoms with Gasteiger partial charge in [0.25, 0.3) is 0 Å². The van der Waals surface area contributed by atoms with Gasteiger partial charge in [0.15, 0.2) is 0 Å². The van der Waals surface area contributed by atoms with Crippen molar-refractivity contribution < 1.29 is 14.6 Å². The van der Waals surface area contributed by atoms with E-state index in [0.717, 1.165) is 5.75 Å². The van der Waals surface area contributed by atoms with E-state index in [1.807, 2.05) is 37.3 Å². The predicted octanol–water partition coefficient (Wildman–Crippen LogP) is 1.91. The second kappa shape index (κ2) is 6.25. The quantitative estimate of drug-likeness (QED) is 0.711. The lowest BCUT2D eigenvalue weighted by molar-refractivity contribution is -0.144. The van der Waals surface area contributed by atoms with Crippen molar-refractivity contribution >= 4 is 5.97 Å². The molecule has 1 rings (SSSR count). The maximum Gasteiger partial charge on any atom is 0.323 e. The van der Waals surface area contributed by atoms with Gasteiger partial charge in [-0.25, -0.2) is 0 Å². The molecule has 0 spiro atoms. The van der Waals surface area contributed by atoms with Gasteiger partial charge in [0.1, 0.15) is 17.9 Å². The zero-order chi connectivity index (χ0) is 12.7. The molecule has 0 radical (unpaired) electrons. The van der Waals surface area contributed by atoms with Crippen LogP contribution in [0.3, 0.4) is 0 Å². The summed E-state index contributed by atoms with van der Waals surface area (Å²) < 4.78 is 5.47. The highest BCUT2D eigenvalue weighted by molar-refractivity contribution is 5.78. The molecule has 2 N–H and O–H groups in total. The summed E-state index contributed by atoms with van der Waals surface area (Å²) in [4.78, 5) is 11.0. The molecule has 0 saturated heterocycles. The van der Waals surface area contributed by atoms with E-state index in [4.69, 9.17) is 9.84 Å². The molecule has 0 aliphatic carbocycles. The molecular weight excluding hydrogens is 218 g/mol. The van der Waals surface area contributed by atoms with Gasteiger partial charge in [-0.3, -0.25) is 10.1 Å². The second-order valence-corrected chi connectivity index (χ2v) is 4.08. The molecule has 0 bridgehead atoms. The highest BCUT2D eigenvalue weighted by Crippen LogP contribution is 2.10. The van der Waals surface area contributed by atoms with Crippen molar-refractivity contribution in [2.24, 2.45) is 0 Å². The van der Waals surface area contributed by atoms with Gasteiger partial charge in [-0.2, -0.15) is 0 Å². The first kappa shape index (κ1) is 13.5. The Morgan fingerprint density at radius 1 is 1.41 bits per heavy atom. The number of ether oxygens (including phenoxy) is 1. The standard InChI is InChI=1S/C13H19NO3/c1-3-13(2,12(15)16)14-9-10-17-11-7-5-4-6-8-11/h4-8,14H,3,9-10H2,1-2H3,(H,15,16). The third-order valence-corrected chi connectivity index (χ3v) is 2.81. The van der Waals surface area contributed by atoms with Crippen LogP contribution in [0.15, 0.2) is 30.3 Å². The van der Waals surface area contributed by atoms with Crippen LogP contribution in [0.4, 0.5) is 0 Å². The van der Waals surface area contributed by atoms with Crippen LogP contribution < -0.4 is 10.1 Å². The summed E-state index contributed by atoms with van der Waals surface area (Å²) in [6.45, 7) is 4.48. The van der Waals surface area contributed by atoms with E-state index in [-0.39, 0.29) is 0 Å². The van der Waals surface area contributed by atoms with Gasteiger partial charge in [-0.15, -0.1) is 0 Å². The molecule has 1 aromatic carbocycles. The number of carboxylic acids is 1. The highest BCUT2D eigenvalue weighted by Gasteiger charge is 2.29. The number of hydrogen-bond donors (Lipinski definition) is 2. The highest BCUT2D eigenvalue weighted by atomic mass is 16.5. The summed E-state index contributed by atoms with van der Waals surface area (Å²) in [6.07, 6.45) is 0.535. The topological polar surface area (TPSA) is 58.6 Å². The Kier molecular flexibility index (Phi) is 4.97. The van der Waals surface area contributed by atoms with E-state index in [0.29, 0.717) is 19.6 Å². The minimum absolute atomic E-state index is 0.451. The van der Waals surface area contributed by atoms with Crippen LogP contribution >= 0.6 is 0 Å². The molecule has 4 nitrogen and oxygen atoms in total. The molecule has 4 heteroatoms. The second-order valence-electron chi connectivity index (χ2n) is 4.08. The van der Waals surface area contributed by atoms with E-state index < -0.39 is 11.5 Å². The number of nitrogens with one attached hydrogen (secondary N) is 1. The fourth-order valence-corrected chi connectivity index (χ4v) is 1.36. The van der Waals surface area contributed by atoms with Gasteiger partial charge in [-0.05, 0) is 25.5 Å². The minimum Gasteiger partial charge on any atom is -0.492 e. The van der Waals surface area contributed by atoms with E-state index in [1.165, 1.54) is 0 Å². The van der Waals surface area contributed by atoms with Gasteiger partial charge in [0.2, 0.25) is 0 Å². The Morgan fingerprint density at radius 3 is 2.59 bits per heavy atom. The fraction of sp³-hybridized carbons (Fsp3) is 0.462. The van der Waals surface area contributed by atoms with E-state index in [2.05, 4.69) is 5.32 Å². The molecule has 17 heavy (non-hydrogen) atoms. The summed E-state index contributed by atoms with van der Waals surface area (Å²) in [5.41, 5.74) is -0.875. The number of carbonyl (C=O) groups is 1. The Hall–Kier alpha value is -1.55. The van der Waals surface area contributed by atoms with Gasteiger partial charge >= 0.3 is 5.97 Å². The zero-order valence-corrected chi connectivity index (χ0v) is 10.3. The van der Waals surface area contributed by atoms with Crippen LogP contribution in [-0.4, -0.2) is 29.8 Å². The van der Waals surface area contributed by atoms with Gasteiger partial charge in [0, 0.05) is 6.54 Å². The molecule has 1 unspecified atom stereocenters. The molecule has 0 saturated carbocycles. The lowest BCUT2D eigenvalue weighted by atomic mass is 9.99. The molecule has 94 valence electrons. The first-order chi connectivity index (χ1) is 8.08. The zero-order valence-electron chi connectivity index (χ0n) is 10.3. The molecule has 0 amide bonds. The summed E-state index contributed by atoms with van der Waals surface area (Å²) in [5, 5.41) is 12.0. The van der Waals surface area contributed by atoms with E-state index in [9.17, 15) is 4.79 Å². The average Bonchev–Trinajstić information content (AvgIpc) is 2.35. The van der Waals surface area contributed by atoms with Crippen molar-refractivity contribution in [2.75, 3.05) is 13.2 Å². The normalized spacial score (nSPS) is 14.0. The average molecular weight is 237 g/mol. The molecular formula is C13H19NO3. The Labute approximate surface area is 102 Å². The Bertz CT molecular complexity index is 353. The predicted molar refractivity (Wildman–Crippen MR) is 66.3 cm³/mol. The molecule has 1 aromatic rings.